The number of rotatable bonds is 5. The lowest BCUT2D eigenvalue weighted by Crippen LogP contribution is -2.31. The molecule has 164 valence electrons. The molecule has 1 heterocycles. The van der Waals surface area contributed by atoms with Crippen molar-refractivity contribution in [2.45, 2.75) is 32.9 Å². The van der Waals surface area contributed by atoms with Gasteiger partial charge in [0.05, 0.1) is 0 Å². The molecule has 0 aliphatic carbocycles. The predicted octanol–water partition coefficient (Wildman–Crippen LogP) is 5.38. The molecule has 0 bridgehead atoms. The van der Waals surface area contributed by atoms with Gasteiger partial charge in [0.2, 0.25) is 0 Å². The molecule has 0 saturated carbocycles. The molecule has 0 radical (unpaired) electrons. The Hall–Kier alpha value is -3.80. The second kappa shape index (κ2) is 9.56. The van der Waals surface area contributed by atoms with E-state index in [0.29, 0.717) is 30.4 Å². The molecule has 0 atom stereocenters. The number of nitrogens with one attached hydrogen (secondary N) is 2. The van der Waals surface area contributed by atoms with Crippen molar-refractivity contribution < 1.29 is 14.3 Å². The minimum absolute atomic E-state index is 0.000528. The van der Waals surface area contributed by atoms with Crippen LogP contribution in [0.3, 0.4) is 0 Å². The first-order chi connectivity index (χ1) is 15.5. The van der Waals surface area contributed by atoms with E-state index in [1.54, 1.807) is 17.0 Å². The summed E-state index contributed by atoms with van der Waals surface area (Å²) in [6.45, 7) is 5.18. The zero-order valence-corrected chi connectivity index (χ0v) is 18.3. The Morgan fingerprint density at radius 3 is 2.38 bits per heavy atom. The summed E-state index contributed by atoms with van der Waals surface area (Å²) in [5, 5.41) is 5.72. The van der Waals surface area contributed by atoms with E-state index in [-0.39, 0.29) is 18.5 Å². The Morgan fingerprint density at radius 1 is 0.969 bits per heavy atom. The minimum Gasteiger partial charge on any atom is -0.483 e. The summed E-state index contributed by atoms with van der Waals surface area (Å²) >= 11 is 0. The molecule has 3 amide bonds. The van der Waals surface area contributed by atoms with Crippen molar-refractivity contribution in [3.8, 4) is 5.75 Å². The number of amides is 3. The zero-order chi connectivity index (χ0) is 22.5. The van der Waals surface area contributed by atoms with Gasteiger partial charge in [-0.2, -0.15) is 0 Å². The molecule has 0 spiro atoms. The van der Waals surface area contributed by atoms with E-state index in [4.69, 9.17) is 4.74 Å². The highest BCUT2D eigenvalue weighted by Crippen LogP contribution is 2.28. The van der Waals surface area contributed by atoms with Gasteiger partial charge in [0.25, 0.3) is 5.91 Å². The molecule has 0 unspecified atom stereocenters. The zero-order valence-electron chi connectivity index (χ0n) is 18.3. The summed E-state index contributed by atoms with van der Waals surface area (Å²) in [4.78, 5) is 26.8. The Labute approximate surface area is 188 Å². The fraction of sp³-hybridized carbons (Fsp3) is 0.231. The molecule has 6 nitrogen and oxygen atoms in total. The standard InChI is InChI=1S/C26H27N3O3/c1-18(2)20-8-10-22(11-9-20)27-26(31)28-23-12-13-24-21(14-23)16-29(25(30)17-32-24)15-19-6-4-3-5-7-19/h3-14,18H,15-17H2,1-2H3,(H2,27,28,31). The minimum atomic E-state index is -0.325. The van der Waals surface area contributed by atoms with Crippen molar-refractivity contribution in [1.82, 2.24) is 4.90 Å². The van der Waals surface area contributed by atoms with Gasteiger partial charge in [0.15, 0.2) is 6.61 Å². The van der Waals surface area contributed by atoms with Crippen LogP contribution >= 0.6 is 0 Å². The number of hydrogen-bond donors (Lipinski definition) is 2. The quantitative estimate of drug-likeness (QED) is 0.572. The van der Waals surface area contributed by atoms with Crippen molar-refractivity contribution in [3.05, 3.63) is 89.5 Å². The molecular formula is C26H27N3O3. The molecular weight excluding hydrogens is 402 g/mol. The van der Waals surface area contributed by atoms with Crippen molar-refractivity contribution in [2.24, 2.45) is 0 Å². The average Bonchev–Trinajstić information content (AvgIpc) is 2.93. The lowest BCUT2D eigenvalue weighted by atomic mass is 10.0. The Morgan fingerprint density at radius 2 is 1.66 bits per heavy atom. The van der Waals surface area contributed by atoms with Crippen molar-refractivity contribution in [2.75, 3.05) is 17.2 Å². The molecule has 32 heavy (non-hydrogen) atoms. The van der Waals surface area contributed by atoms with E-state index in [9.17, 15) is 9.59 Å². The number of urea groups is 1. The van der Waals surface area contributed by atoms with E-state index in [1.807, 2.05) is 60.7 Å². The van der Waals surface area contributed by atoms with Crippen LogP contribution in [-0.2, 0) is 17.9 Å². The first-order valence-electron chi connectivity index (χ1n) is 10.7. The fourth-order valence-electron chi connectivity index (χ4n) is 3.64. The first kappa shape index (κ1) is 21.4. The normalized spacial score (nSPS) is 13.2. The van der Waals surface area contributed by atoms with E-state index < -0.39 is 0 Å². The van der Waals surface area contributed by atoms with Crippen LogP contribution < -0.4 is 15.4 Å². The van der Waals surface area contributed by atoms with Gasteiger partial charge in [0, 0.05) is 30.0 Å². The van der Waals surface area contributed by atoms with Crippen molar-refractivity contribution >= 4 is 23.3 Å². The largest absolute Gasteiger partial charge is 0.483 e. The fourth-order valence-corrected chi connectivity index (χ4v) is 3.64. The van der Waals surface area contributed by atoms with Crippen molar-refractivity contribution in [1.29, 1.82) is 0 Å². The Balaban J connectivity index is 1.44. The molecule has 6 heteroatoms. The van der Waals surface area contributed by atoms with Crippen LogP contribution in [0.5, 0.6) is 5.75 Å². The number of carbonyl (C=O) groups excluding carboxylic acids is 2. The highest BCUT2D eigenvalue weighted by Gasteiger charge is 2.22. The predicted molar refractivity (Wildman–Crippen MR) is 126 cm³/mol. The summed E-state index contributed by atoms with van der Waals surface area (Å²) in [5.74, 6) is 1.03. The van der Waals surface area contributed by atoms with Gasteiger partial charge < -0.3 is 20.3 Å². The topological polar surface area (TPSA) is 70.7 Å². The maximum absolute atomic E-state index is 12.5. The maximum atomic E-state index is 12.5. The third kappa shape index (κ3) is 5.27. The summed E-state index contributed by atoms with van der Waals surface area (Å²) in [6.07, 6.45) is 0. The van der Waals surface area contributed by atoms with Crippen LogP contribution in [0.4, 0.5) is 16.2 Å². The van der Waals surface area contributed by atoms with Gasteiger partial charge in [-0.3, -0.25) is 4.79 Å². The smallest absolute Gasteiger partial charge is 0.323 e. The van der Waals surface area contributed by atoms with E-state index >= 15 is 0 Å². The molecule has 1 aliphatic heterocycles. The number of fused-ring (bicyclic) bond motifs is 1. The summed E-state index contributed by atoms with van der Waals surface area (Å²) in [6, 6.07) is 22.8. The van der Waals surface area contributed by atoms with Gasteiger partial charge >= 0.3 is 6.03 Å². The highest BCUT2D eigenvalue weighted by molar-refractivity contribution is 5.99. The molecule has 2 N–H and O–H groups in total. The van der Waals surface area contributed by atoms with Crippen LogP contribution in [-0.4, -0.2) is 23.4 Å². The third-order valence-electron chi connectivity index (χ3n) is 5.43. The molecule has 0 saturated heterocycles. The van der Waals surface area contributed by atoms with Crippen LogP contribution in [0.15, 0.2) is 72.8 Å². The van der Waals surface area contributed by atoms with Gasteiger partial charge in [-0.25, -0.2) is 4.79 Å². The highest BCUT2D eigenvalue weighted by atomic mass is 16.5. The monoisotopic (exact) mass is 429 g/mol. The lowest BCUT2D eigenvalue weighted by Gasteiger charge is -2.20. The molecule has 1 aliphatic rings. The number of carbonyl (C=O) groups is 2. The summed E-state index contributed by atoms with van der Waals surface area (Å²) in [7, 11) is 0. The number of anilines is 2. The molecule has 0 aromatic heterocycles. The SMILES string of the molecule is CC(C)c1ccc(NC(=O)Nc2ccc3c(c2)CN(Cc2ccccc2)C(=O)CO3)cc1. The van der Waals surface area contributed by atoms with Crippen molar-refractivity contribution in [3.63, 3.8) is 0 Å². The Kier molecular flexibility index (Phi) is 6.40. The molecule has 3 aromatic carbocycles. The van der Waals surface area contributed by atoms with Gasteiger partial charge in [0.1, 0.15) is 5.75 Å². The van der Waals surface area contributed by atoms with E-state index in [1.165, 1.54) is 5.56 Å². The Bertz CT molecular complexity index is 1100. The van der Waals surface area contributed by atoms with Gasteiger partial charge in [-0.05, 0) is 47.4 Å². The molecule has 0 fully saturated rings. The second-order valence-electron chi connectivity index (χ2n) is 8.20. The lowest BCUT2D eigenvalue weighted by molar-refractivity contribution is -0.133. The molecule has 4 rings (SSSR count). The number of benzene rings is 3. The molecule has 3 aromatic rings. The van der Waals surface area contributed by atoms with Crippen LogP contribution in [0.25, 0.3) is 0 Å². The number of ether oxygens (including phenoxy) is 1. The third-order valence-corrected chi connectivity index (χ3v) is 5.43. The average molecular weight is 430 g/mol. The summed E-state index contributed by atoms with van der Waals surface area (Å²) < 4.78 is 5.70. The van der Waals surface area contributed by atoms with E-state index in [0.717, 1.165) is 16.8 Å². The van der Waals surface area contributed by atoms with E-state index in [2.05, 4.69) is 24.5 Å². The summed E-state index contributed by atoms with van der Waals surface area (Å²) in [5.41, 5.74) is 4.49. The number of nitrogens with zero attached hydrogens (tertiary/aromatic N) is 1. The van der Waals surface area contributed by atoms with Crippen LogP contribution in [0.2, 0.25) is 0 Å². The van der Waals surface area contributed by atoms with Gasteiger partial charge in [-0.15, -0.1) is 0 Å². The second-order valence-corrected chi connectivity index (χ2v) is 8.20. The first-order valence-corrected chi connectivity index (χ1v) is 10.7. The van der Waals surface area contributed by atoms with Crippen LogP contribution in [0.1, 0.15) is 36.5 Å². The number of hydrogen-bond acceptors (Lipinski definition) is 3. The van der Waals surface area contributed by atoms with Gasteiger partial charge in [-0.1, -0.05) is 56.3 Å². The van der Waals surface area contributed by atoms with Crippen LogP contribution in [0, 0.1) is 0 Å². The maximum Gasteiger partial charge on any atom is 0.323 e.